The van der Waals surface area contributed by atoms with Gasteiger partial charge in [-0.2, -0.15) is 0 Å². The van der Waals surface area contributed by atoms with Gasteiger partial charge in [0, 0.05) is 6.54 Å². The van der Waals surface area contributed by atoms with Crippen molar-refractivity contribution < 1.29 is 0 Å². The molecular weight excluding hydrogens is 222 g/mol. The predicted octanol–water partition coefficient (Wildman–Crippen LogP) is 3.03. The molecule has 16 heavy (non-hydrogen) atoms. The van der Waals surface area contributed by atoms with Gasteiger partial charge in [0.05, 0.1) is 10.7 Å². The van der Waals surface area contributed by atoms with Crippen LogP contribution in [-0.2, 0) is 0 Å². The Bertz CT molecular complexity index is 366. The number of nitrogens with zero attached hydrogens (tertiary/aromatic N) is 1. The quantitative estimate of drug-likeness (QED) is 0.629. The largest absolute Gasteiger partial charge is 0.370 e. The van der Waals surface area contributed by atoms with Crippen LogP contribution in [0.15, 0.2) is 23.2 Å². The summed E-state index contributed by atoms with van der Waals surface area (Å²) < 4.78 is 0. The number of halogens is 1. The van der Waals surface area contributed by atoms with Crippen molar-refractivity contribution in [2.24, 2.45) is 16.6 Å². The molecule has 0 heterocycles. The van der Waals surface area contributed by atoms with E-state index in [0.717, 1.165) is 11.3 Å². The van der Waals surface area contributed by atoms with Crippen molar-refractivity contribution in [2.75, 3.05) is 11.9 Å². The summed E-state index contributed by atoms with van der Waals surface area (Å²) in [6.07, 6.45) is 0. The van der Waals surface area contributed by atoms with E-state index in [1.165, 1.54) is 0 Å². The second kappa shape index (κ2) is 5.75. The van der Waals surface area contributed by atoms with E-state index in [2.05, 4.69) is 24.2 Å². The van der Waals surface area contributed by atoms with Gasteiger partial charge >= 0.3 is 0 Å². The number of rotatable bonds is 3. The van der Waals surface area contributed by atoms with Crippen LogP contribution in [0.1, 0.15) is 19.4 Å². The van der Waals surface area contributed by atoms with Crippen molar-refractivity contribution in [1.82, 2.24) is 0 Å². The molecule has 0 aliphatic rings. The van der Waals surface area contributed by atoms with E-state index < -0.39 is 0 Å². The number of nitrogens with two attached hydrogens (primary N) is 1. The van der Waals surface area contributed by atoms with Crippen molar-refractivity contribution in [3.63, 3.8) is 0 Å². The third-order valence-electron chi connectivity index (χ3n) is 2.10. The fourth-order valence-corrected chi connectivity index (χ4v) is 1.51. The average Bonchev–Trinajstić information content (AvgIpc) is 2.21. The summed E-state index contributed by atoms with van der Waals surface area (Å²) in [5.74, 6) is 0.901. The van der Waals surface area contributed by atoms with Gasteiger partial charge in [0.15, 0.2) is 5.96 Å². The summed E-state index contributed by atoms with van der Waals surface area (Å²) in [4.78, 5) is 4.23. The summed E-state index contributed by atoms with van der Waals surface area (Å²) in [6.45, 7) is 6.88. The van der Waals surface area contributed by atoms with Crippen molar-refractivity contribution in [3.05, 3.63) is 28.8 Å². The highest BCUT2D eigenvalue weighted by Gasteiger charge is 2.04. The minimum atomic E-state index is 0.407. The van der Waals surface area contributed by atoms with Crippen LogP contribution in [0.3, 0.4) is 0 Å². The van der Waals surface area contributed by atoms with Gasteiger partial charge in [-0.25, -0.2) is 0 Å². The van der Waals surface area contributed by atoms with Crippen LogP contribution in [0.2, 0.25) is 5.02 Å². The Morgan fingerprint density at radius 3 is 2.75 bits per heavy atom. The van der Waals surface area contributed by atoms with E-state index in [1.807, 2.05) is 25.1 Å². The fourth-order valence-electron chi connectivity index (χ4n) is 1.24. The Hall–Kier alpha value is -1.22. The van der Waals surface area contributed by atoms with E-state index in [9.17, 15) is 0 Å². The molecule has 3 nitrogen and oxygen atoms in total. The van der Waals surface area contributed by atoms with Crippen LogP contribution in [0.5, 0.6) is 0 Å². The van der Waals surface area contributed by atoms with Gasteiger partial charge in [0.25, 0.3) is 0 Å². The van der Waals surface area contributed by atoms with Gasteiger partial charge in [0.1, 0.15) is 0 Å². The second-order valence-electron chi connectivity index (χ2n) is 4.18. The lowest BCUT2D eigenvalue weighted by Crippen LogP contribution is -2.24. The maximum Gasteiger partial charge on any atom is 0.193 e. The fraction of sp³-hybridized carbons (Fsp3) is 0.417. The van der Waals surface area contributed by atoms with Gasteiger partial charge in [-0.3, -0.25) is 4.99 Å². The van der Waals surface area contributed by atoms with Crippen molar-refractivity contribution in [3.8, 4) is 0 Å². The first-order valence-electron chi connectivity index (χ1n) is 5.32. The molecule has 88 valence electrons. The Labute approximate surface area is 102 Å². The Morgan fingerprint density at radius 1 is 1.50 bits per heavy atom. The van der Waals surface area contributed by atoms with Crippen molar-refractivity contribution in [2.45, 2.75) is 20.8 Å². The number of aryl methyl sites for hydroxylation is 1. The zero-order valence-electron chi connectivity index (χ0n) is 9.92. The highest BCUT2D eigenvalue weighted by molar-refractivity contribution is 6.33. The molecule has 1 rings (SSSR count). The SMILES string of the molecule is Cc1cccc(Cl)c1NC(N)=NCC(C)C. The Morgan fingerprint density at radius 2 is 2.19 bits per heavy atom. The maximum absolute atomic E-state index is 6.06. The molecule has 0 aliphatic heterocycles. The highest BCUT2D eigenvalue weighted by Crippen LogP contribution is 2.24. The van der Waals surface area contributed by atoms with E-state index in [4.69, 9.17) is 17.3 Å². The van der Waals surface area contributed by atoms with E-state index in [1.54, 1.807) is 0 Å². The number of para-hydroxylation sites is 1. The first kappa shape index (κ1) is 12.8. The van der Waals surface area contributed by atoms with Gasteiger partial charge in [-0.1, -0.05) is 37.6 Å². The number of nitrogens with one attached hydrogen (secondary N) is 1. The second-order valence-corrected chi connectivity index (χ2v) is 4.58. The van der Waals surface area contributed by atoms with Gasteiger partial charge < -0.3 is 11.1 Å². The standard InChI is InChI=1S/C12H18ClN3/c1-8(2)7-15-12(14)16-11-9(3)5-4-6-10(11)13/h4-6,8H,7H2,1-3H3,(H3,14,15,16). The lowest BCUT2D eigenvalue weighted by Gasteiger charge is -2.11. The number of anilines is 1. The number of guanidine groups is 1. The number of aliphatic imine (C=N–C) groups is 1. The molecule has 0 atom stereocenters. The van der Waals surface area contributed by atoms with Gasteiger partial charge in [-0.05, 0) is 24.5 Å². The number of hydrogen-bond donors (Lipinski definition) is 2. The topological polar surface area (TPSA) is 50.4 Å². The molecule has 1 aromatic carbocycles. The van der Waals surface area contributed by atoms with E-state index in [0.29, 0.717) is 23.4 Å². The molecular formula is C12H18ClN3. The molecule has 0 fully saturated rings. The van der Waals surface area contributed by atoms with E-state index in [-0.39, 0.29) is 0 Å². The summed E-state index contributed by atoms with van der Waals surface area (Å²) in [6, 6.07) is 5.71. The zero-order valence-corrected chi connectivity index (χ0v) is 10.7. The Balaban J connectivity index is 2.76. The molecule has 0 bridgehead atoms. The predicted molar refractivity (Wildman–Crippen MR) is 71.1 cm³/mol. The van der Waals surface area contributed by atoms with E-state index >= 15 is 0 Å². The monoisotopic (exact) mass is 239 g/mol. The lowest BCUT2D eigenvalue weighted by molar-refractivity contribution is 0.665. The Kier molecular flexibility index (Phi) is 4.62. The maximum atomic E-state index is 6.06. The molecule has 0 unspecified atom stereocenters. The molecule has 0 spiro atoms. The first-order valence-corrected chi connectivity index (χ1v) is 5.70. The smallest absolute Gasteiger partial charge is 0.193 e. The third-order valence-corrected chi connectivity index (χ3v) is 2.42. The molecule has 0 saturated carbocycles. The molecule has 0 aliphatic carbocycles. The lowest BCUT2D eigenvalue weighted by atomic mass is 10.2. The molecule has 0 amide bonds. The van der Waals surface area contributed by atoms with Crippen molar-refractivity contribution in [1.29, 1.82) is 0 Å². The summed E-state index contributed by atoms with van der Waals surface area (Å²) in [5, 5.41) is 3.68. The van der Waals surface area contributed by atoms with Crippen LogP contribution < -0.4 is 11.1 Å². The third kappa shape index (κ3) is 3.74. The minimum Gasteiger partial charge on any atom is -0.370 e. The van der Waals surface area contributed by atoms with Crippen LogP contribution >= 0.6 is 11.6 Å². The van der Waals surface area contributed by atoms with Crippen LogP contribution in [-0.4, -0.2) is 12.5 Å². The van der Waals surface area contributed by atoms with Gasteiger partial charge in [0.2, 0.25) is 0 Å². The van der Waals surface area contributed by atoms with Crippen LogP contribution in [0, 0.1) is 12.8 Å². The summed E-state index contributed by atoms with van der Waals surface area (Å²) in [7, 11) is 0. The van der Waals surface area contributed by atoms with Crippen LogP contribution in [0.25, 0.3) is 0 Å². The molecule has 0 aromatic heterocycles. The van der Waals surface area contributed by atoms with Crippen LogP contribution in [0.4, 0.5) is 5.69 Å². The molecule has 0 radical (unpaired) electrons. The highest BCUT2D eigenvalue weighted by atomic mass is 35.5. The first-order chi connectivity index (χ1) is 7.50. The number of hydrogen-bond acceptors (Lipinski definition) is 1. The molecule has 1 aromatic rings. The van der Waals surface area contributed by atoms with Gasteiger partial charge in [-0.15, -0.1) is 0 Å². The summed E-state index contributed by atoms with van der Waals surface area (Å²) in [5.41, 5.74) is 7.65. The molecule has 4 heteroatoms. The minimum absolute atomic E-state index is 0.407. The number of benzene rings is 1. The molecule has 3 N–H and O–H groups in total. The normalized spacial score (nSPS) is 11.9. The zero-order chi connectivity index (χ0) is 12.1. The molecule has 0 saturated heterocycles. The summed E-state index contributed by atoms with van der Waals surface area (Å²) >= 11 is 6.06. The average molecular weight is 240 g/mol. The van der Waals surface area contributed by atoms with Crippen molar-refractivity contribution >= 4 is 23.2 Å².